The van der Waals surface area contributed by atoms with Crippen LogP contribution in [-0.2, 0) is 4.79 Å². The van der Waals surface area contributed by atoms with Gasteiger partial charge in [0.25, 0.3) is 0 Å². The van der Waals surface area contributed by atoms with Crippen molar-refractivity contribution in [3.8, 4) is 0 Å². The summed E-state index contributed by atoms with van der Waals surface area (Å²) in [5.41, 5.74) is 0. The molecule has 0 aromatic rings. The Kier molecular flexibility index (Phi) is 13.7. The molecule has 0 aliphatic carbocycles. The third-order valence-corrected chi connectivity index (χ3v) is 5.43. The molecule has 0 saturated carbocycles. The van der Waals surface area contributed by atoms with Crippen LogP contribution in [0.5, 0.6) is 0 Å². The van der Waals surface area contributed by atoms with Crippen molar-refractivity contribution in [2.24, 2.45) is 0 Å². The molecular weight excluding hydrogens is 276 g/mol. The minimum absolute atomic E-state index is 0.131. The number of hydrogen-bond donors (Lipinski definition) is 0. The number of hydrogen-bond acceptors (Lipinski definition) is 2. The number of thioether (sulfide) groups is 1. The highest BCUT2D eigenvalue weighted by atomic mass is 32.2. The van der Waals surface area contributed by atoms with Crippen molar-refractivity contribution >= 4 is 17.5 Å². The minimum atomic E-state index is 0.131. The molecule has 0 aliphatic heterocycles. The Bertz CT molecular complexity index is 248. The first-order valence-electron chi connectivity index (χ1n) is 9.17. The van der Waals surface area contributed by atoms with Gasteiger partial charge in [-0.15, -0.1) is 0 Å². The number of unbranched alkanes of at least 4 members (excludes halogenated alkanes) is 9. The van der Waals surface area contributed by atoms with E-state index in [-0.39, 0.29) is 4.75 Å². The van der Waals surface area contributed by atoms with Crippen molar-refractivity contribution in [1.82, 2.24) is 0 Å². The molecule has 0 unspecified atom stereocenters. The van der Waals surface area contributed by atoms with Gasteiger partial charge in [0.1, 0.15) is 5.78 Å². The molecular formula is C19H38OS. The van der Waals surface area contributed by atoms with Crippen molar-refractivity contribution < 1.29 is 4.79 Å². The molecule has 2 heteroatoms. The fraction of sp³-hybridized carbons (Fsp3) is 0.947. The fourth-order valence-electron chi connectivity index (χ4n) is 2.59. The van der Waals surface area contributed by atoms with Crippen LogP contribution in [-0.4, -0.2) is 16.3 Å². The van der Waals surface area contributed by atoms with Crippen LogP contribution in [0.3, 0.4) is 0 Å². The van der Waals surface area contributed by atoms with E-state index in [1.54, 1.807) is 0 Å². The van der Waals surface area contributed by atoms with Crippen molar-refractivity contribution in [2.45, 2.75) is 109 Å². The Morgan fingerprint density at radius 3 is 1.76 bits per heavy atom. The van der Waals surface area contributed by atoms with E-state index in [0.29, 0.717) is 12.2 Å². The highest BCUT2D eigenvalue weighted by Gasteiger charge is 2.20. The zero-order valence-corrected chi connectivity index (χ0v) is 15.8. The molecule has 0 spiro atoms. The number of Topliss-reactive ketones (excluding diaryl/α,β-unsaturated/α-hetero) is 1. The summed E-state index contributed by atoms with van der Waals surface area (Å²) < 4.78 is 0.131. The first-order valence-corrected chi connectivity index (χ1v) is 10.2. The smallest absolute Gasteiger partial charge is 0.133 e. The van der Waals surface area contributed by atoms with Crippen LogP contribution in [0.4, 0.5) is 0 Å². The summed E-state index contributed by atoms with van der Waals surface area (Å²) in [7, 11) is 0. The molecule has 0 amide bonds. The van der Waals surface area contributed by atoms with E-state index in [1.165, 1.54) is 70.0 Å². The van der Waals surface area contributed by atoms with Crippen LogP contribution < -0.4 is 0 Å². The second-order valence-corrected chi connectivity index (χ2v) is 8.66. The molecule has 0 radical (unpaired) electrons. The first-order chi connectivity index (χ1) is 10.0. The molecule has 0 fully saturated rings. The molecule has 0 aromatic carbocycles. The van der Waals surface area contributed by atoms with E-state index < -0.39 is 0 Å². The monoisotopic (exact) mass is 314 g/mol. The third kappa shape index (κ3) is 14.7. The molecule has 126 valence electrons. The van der Waals surface area contributed by atoms with Crippen LogP contribution >= 0.6 is 11.8 Å². The van der Waals surface area contributed by atoms with Gasteiger partial charge in [-0.2, -0.15) is 11.8 Å². The topological polar surface area (TPSA) is 17.1 Å². The molecule has 21 heavy (non-hydrogen) atoms. The van der Waals surface area contributed by atoms with E-state index in [9.17, 15) is 4.79 Å². The SMILES string of the molecule is CCCCCCCCCCCCSC(C)(C)CC(=O)CC. The van der Waals surface area contributed by atoms with Gasteiger partial charge in [-0.25, -0.2) is 0 Å². The van der Waals surface area contributed by atoms with Crippen molar-refractivity contribution in [3.63, 3.8) is 0 Å². The summed E-state index contributed by atoms with van der Waals surface area (Å²) in [4.78, 5) is 11.5. The van der Waals surface area contributed by atoms with Gasteiger partial charge in [-0.1, -0.05) is 85.5 Å². The van der Waals surface area contributed by atoms with Crippen molar-refractivity contribution in [1.29, 1.82) is 0 Å². The molecule has 0 atom stereocenters. The Morgan fingerprint density at radius 1 is 0.810 bits per heavy atom. The number of ketones is 1. The first kappa shape index (κ1) is 21.0. The number of carbonyl (C=O) groups is 1. The molecule has 0 heterocycles. The summed E-state index contributed by atoms with van der Waals surface area (Å²) >= 11 is 1.98. The van der Waals surface area contributed by atoms with Crippen LogP contribution in [0.15, 0.2) is 0 Å². The van der Waals surface area contributed by atoms with Crippen LogP contribution in [0.1, 0.15) is 105 Å². The van der Waals surface area contributed by atoms with Gasteiger partial charge in [0, 0.05) is 17.6 Å². The maximum atomic E-state index is 11.5. The zero-order chi connectivity index (χ0) is 16.0. The lowest BCUT2D eigenvalue weighted by Gasteiger charge is -2.23. The van der Waals surface area contributed by atoms with E-state index in [1.807, 2.05) is 18.7 Å². The summed E-state index contributed by atoms with van der Waals surface area (Å²) in [5, 5.41) is 0. The van der Waals surface area contributed by atoms with E-state index >= 15 is 0 Å². The van der Waals surface area contributed by atoms with E-state index in [2.05, 4.69) is 20.8 Å². The second kappa shape index (κ2) is 13.7. The minimum Gasteiger partial charge on any atom is -0.300 e. The normalized spacial score (nSPS) is 11.8. The maximum absolute atomic E-state index is 11.5. The standard InChI is InChI=1S/C19H38OS/c1-5-7-8-9-10-11-12-13-14-15-16-21-19(3,4)17-18(20)6-2/h5-17H2,1-4H3. The van der Waals surface area contributed by atoms with Gasteiger partial charge < -0.3 is 0 Å². The average molecular weight is 315 g/mol. The summed E-state index contributed by atoms with van der Waals surface area (Å²) in [6.07, 6.45) is 15.4. The average Bonchev–Trinajstić information content (AvgIpc) is 2.44. The Morgan fingerprint density at radius 2 is 1.29 bits per heavy atom. The zero-order valence-electron chi connectivity index (χ0n) is 15.0. The third-order valence-electron chi connectivity index (χ3n) is 4.01. The number of carbonyl (C=O) groups excluding carboxylic acids is 1. The number of rotatable bonds is 15. The van der Waals surface area contributed by atoms with E-state index in [4.69, 9.17) is 0 Å². The Hall–Kier alpha value is 0.0200. The maximum Gasteiger partial charge on any atom is 0.133 e. The van der Waals surface area contributed by atoms with Crippen LogP contribution in [0, 0.1) is 0 Å². The van der Waals surface area contributed by atoms with Crippen LogP contribution in [0.2, 0.25) is 0 Å². The highest BCUT2D eigenvalue weighted by molar-refractivity contribution is 8.00. The Balaban J connectivity index is 3.33. The van der Waals surface area contributed by atoms with Gasteiger partial charge in [0.2, 0.25) is 0 Å². The molecule has 0 aromatic heterocycles. The summed E-state index contributed by atoms with van der Waals surface area (Å²) in [5.74, 6) is 1.61. The highest BCUT2D eigenvalue weighted by Crippen LogP contribution is 2.29. The van der Waals surface area contributed by atoms with Crippen molar-refractivity contribution in [3.05, 3.63) is 0 Å². The predicted octanol–water partition coefficient (Wildman–Crippen LogP) is 6.79. The molecule has 0 bridgehead atoms. The largest absolute Gasteiger partial charge is 0.300 e. The van der Waals surface area contributed by atoms with Crippen molar-refractivity contribution in [2.75, 3.05) is 5.75 Å². The fourth-order valence-corrected chi connectivity index (χ4v) is 3.75. The molecule has 0 rings (SSSR count). The van der Waals surface area contributed by atoms with Gasteiger partial charge in [0.05, 0.1) is 0 Å². The van der Waals surface area contributed by atoms with E-state index in [0.717, 1.165) is 6.42 Å². The molecule has 0 N–H and O–H groups in total. The molecule has 0 aliphatic rings. The quantitative estimate of drug-likeness (QED) is 0.310. The van der Waals surface area contributed by atoms with Gasteiger partial charge in [-0.3, -0.25) is 4.79 Å². The van der Waals surface area contributed by atoms with Gasteiger partial charge in [-0.05, 0) is 12.2 Å². The lowest BCUT2D eigenvalue weighted by molar-refractivity contribution is -0.119. The lowest BCUT2D eigenvalue weighted by Crippen LogP contribution is -2.20. The summed E-state index contributed by atoms with van der Waals surface area (Å²) in [6, 6.07) is 0. The predicted molar refractivity (Wildman–Crippen MR) is 98.3 cm³/mol. The van der Waals surface area contributed by atoms with Gasteiger partial charge in [0.15, 0.2) is 0 Å². The van der Waals surface area contributed by atoms with Gasteiger partial charge >= 0.3 is 0 Å². The second-order valence-electron chi connectivity index (χ2n) is 6.86. The molecule has 1 nitrogen and oxygen atoms in total. The summed E-state index contributed by atoms with van der Waals surface area (Å²) in [6.45, 7) is 8.66. The van der Waals surface area contributed by atoms with Crippen LogP contribution in [0.25, 0.3) is 0 Å². The molecule has 0 saturated heterocycles. The Labute approximate surface area is 138 Å². The lowest BCUT2D eigenvalue weighted by atomic mass is 10.1.